The number of aromatic nitrogens is 2. The molecule has 8 heteroatoms. The molecule has 4 rings (SSSR count). The molecule has 5 nitrogen and oxygen atoms in total. The van der Waals surface area contributed by atoms with Gasteiger partial charge in [-0.2, -0.15) is 0 Å². The lowest BCUT2D eigenvalue weighted by molar-refractivity contribution is 0.0946. The van der Waals surface area contributed by atoms with Gasteiger partial charge in [-0.1, -0.05) is 48.5 Å². The first-order valence-corrected chi connectivity index (χ1v) is 11.5. The van der Waals surface area contributed by atoms with Crippen LogP contribution in [-0.4, -0.2) is 21.9 Å². The molecule has 0 aliphatic heterocycles. The lowest BCUT2D eigenvalue weighted by atomic mass is 9.95. The average molecular weight is 508 g/mol. The zero-order valence-corrected chi connectivity index (χ0v) is 19.3. The van der Waals surface area contributed by atoms with Crippen molar-refractivity contribution >= 4 is 61.6 Å². The number of rotatable bonds is 5. The van der Waals surface area contributed by atoms with Crippen molar-refractivity contribution in [3.05, 3.63) is 62.4 Å². The molecule has 3 aromatic rings. The highest BCUT2D eigenvalue weighted by atomic mass is 79.9. The number of nitrogens with zero attached hydrogens (tertiary/aromatic N) is 2. The van der Waals surface area contributed by atoms with Gasteiger partial charge in [0.15, 0.2) is 5.69 Å². The predicted molar refractivity (Wildman–Crippen MR) is 125 cm³/mol. The van der Waals surface area contributed by atoms with E-state index in [0.717, 1.165) is 29.3 Å². The molecule has 30 heavy (non-hydrogen) atoms. The Bertz CT molecular complexity index is 1090. The van der Waals surface area contributed by atoms with Gasteiger partial charge in [0.25, 0.3) is 5.91 Å². The summed E-state index contributed by atoms with van der Waals surface area (Å²) in [4.78, 5) is 22.2. The SMILES string of the molecule is O=C(NCc1ccc(Cl)c(Cl)c1)c1nc(Br)c2cccnc2c1NC1CCCCC1. The summed E-state index contributed by atoms with van der Waals surface area (Å²) < 4.78 is 0.597. The minimum Gasteiger partial charge on any atom is -0.379 e. The van der Waals surface area contributed by atoms with E-state index < -0.39 is 0 Å². The molecular weight excluding hydrogens is 487 g/mol. The Morgan fingerprint density at radius 3 is 2.70 bits per heavy atom. The quantitative estimate of drug-likeness (QED) is 0.393. The van der Waals surface area contributed by atoms with Crippen LogP contribution in [-0.2, 0) is 6.54 Å². The van der Waals surface area contributed by atoms with Gasteiger partial charge in [-0.25, -0.2) is 4.98 Å². The number of halogens is 3. The zero-order chi connectivity index (χ0) is 21.1. The number of amides is 1. The molecule has 1 aromatic carbocycles. The summed E-state index contributed by atoms with van der Waals surface area (Å²) in [6, 6.07) is 9.42. The second-order valence-corrected chi connectivity index (χ2v) is 9.00. The largest absolute Gasteiger partial charge is 0.379 e. The van der Waals surface area contributed by atoms with Crippen LogP contribution in [0.3, 0.4) is 0 Å². The first-order chi connectivity index (χ1) is 14.5. The Kier molecular flexibility index (Phi) is 6.76. The Labute approximate surface area is 193 Å². The van der Waals surface area contributed by atoms with Crippen molar-refractivity contribution < 1.29 is 4.79 Å². The number of nitrogens with one attached hydrogen (secondary N) is 2. The molecule has 0 unspecified atom stereocenters. The summed E-state index contributed by atoms with van der Waals surface area (Å²) in [5, 5.41) is 8.32. The molecule has 0 radical (unpaired) electrons. The van der Waals surface area contributed by atoms with Crippen LogP contribution in [0.2, 0.25) is 10.0 Å². The molecule has 1 amide bonds. The number of anilines is 1. The third-order valence-electron chi connectivity index (χ3n) is 5.32. The van der Waals surface area contributed by atoms with Crippen LogP contribution in [0, 0.1) is 0 Å². The Morgan fingerprint density at radius 2 is 1.93 bits per heavy atom. The maximum absolute atomic E-state index is 13.1. The van der Waals surface area contributed by atoms with Gasteiger partial charge in [0.05, 0.1) is 21.2 Å². The number of pyridine rings is 2. The predicted octanol–water partition coefficient (Wildman–Crippen LogP) is 6.37. The summed E-state index contributed by atoms with van der Waals surface area (Å²) in [7, 11) is 0. The van der Waals surface area contributed by atoms with E-state index in [0.29, 0.717) is 38.6 Å². The van der Waals surface area contributed by atoms with Crippen LogP contribution in [0.5, 0.6) is 0 Å². The highest BCUT2D eigenvalue weighted by molar-refractivity contribution is 9.10. The van der Waals surface area contributed by atoms with Crippen LogP contribution >= 0.6 is 39.1 Å². The molecule has 0 spiro atoms. The van der Waals surface area contributed by atoms with Gasteiger partial charge in [-0.3, -0.25) is 9.78 Å². The van der Waals surface area contributed by atoms with E-state index >= 15 is 0 Å². The second-order valence-electron chi connectivity index (χ2n) is 7.44. The van der Waals surface area contributed by atoms with Gasteiger partial charge in [-0.15, -0.1) is 0 Å². The van der Waals surface area contributed by atoms with E-state index in [4.69, 9.17) is 23.2 Å². The number of benzene rings is 1. The van der Waals surface area contributed by atoms with Crippen LogP contribution in [0.15, 0.2) is 41.1 Å². The molecule has 156 valence electrons. The lowest BCUT2D eigenvalue weighted by Crippen LogP contribution is -2.28. The van der Waals surface area contributed by atoms with Crippen molar-refractivity contribution in [3.8, 4) is 0 Å². The number of carbonyl (C=O) groups excluding carboxylic acids is 1. The number of hydrogen-bond acceptors (Lipinski definition) is 4. The van der Waals surface area contributed by atoms with Crippen molar-refractivity contribution in [2.24, 2.45) is 0 Å². The monoisotopic (exact) mass is 506 g/mol. The summed E-state index contributed by atoms with van der Waals surface area (Å²) >= 11 is 15.6. The topological polar surface area (TPSA) is 66.9 Å². The lowest BCUT2D eigenvalue weighted by Gasteiger charge is -2.25. The third kappa shape index (κ3) is 4.71. The van der Waals surface area contributed by atoms with Crippen molar-refractivity contribution in [3.63, 3.8) is 0 Å². The van der Waals surface area contributed by atoms with E-state index in [2.05, 4.69) is 36.5 Å². The number of hydrogen-bond donors (Lipinski definition) is 2. The Morgan fingerprint density at radius 1 is 1.13 bits per heavy atom. The fraction of sp³-hybridized carbons (Fsp3) is 0.318. The van der Waals surface area contributed by atoms with Crippen molar-refractivity contribution in [2.45, 2.75) is 44.7 Å². The number of carbonyl (C=O) groups is 1. The summed E-state index contributed by atoms with van der Waals surface area (Å²) in [6.45, 7) is 0.318. The minimum absolute atomic E-state index is 0.271. The molecule has 1 saturated carbocycles. The van der Waals surface area contributed by atoms with E-state index in [9.17, 15) is 4.79 Å². The van der Waals surface area contributed by atoms with Gasteiger partial charge in [-0.05, 0) is 58.6 Å². The van der Waals surface area contributed by atoms with Crippen LogP contribution < -0.4 is 10.6 Å². The summed E-state index contributed by atoms with van der Waals surface area (Å²) in [5.41, 5.74) is 2.62. The Hall–Kier alpha value is -1.89. The maximum atomic E-state index is 13.1. The molecule has 2 heterocycles. The molecule has 0 bridgehead atoms. The highest BCUT2D eigenvalue weighted by Gasteiger charge is 2.23. The molecule has 2 N–H and O–H groups in total. The van der Waals surface area contributed by atoms with Gasteiger partial charge < -0.3 is 10.6 Å². The van der Waals surface area contributed by atoms with Gasteiger partial charge in [0.2, 0.25) is 0 Å². The van der Waals surface area contributed by atoms with Crippen molar-refractivity contribution in [2.75, 3.05) is 5.32 Å². The van der Waals surface area contributed by atoms with E-state index in [1.165, 1.54) is 19.3 Å². The highest BCUT2D eigenvalue weighted by Crippen LogP contribution is 2.32. The van der Waals surface area contributed by atoms with E-state index in [1.807, 2.05) is 18.2 Å². The first kappa shape index (κ1) is 21.3. The fourth-order valence-corrected chi connectivity index (χ4v) is 4.58. The van der Waals surface area contributed by atoms with Crippen molar-refractivity contribution in [1.29, 1.82) is 0 Å². The molecule has 1 aliphatic carbocycles. The first-order valence-electron chi connectivity index (χ1n) is 9.96. The van der Waals surface area contributed by atoms with Gasteiger partial charge >= 0.3 is 0 Å². The molecule has 0 saturated heterocycles. The smallest absolute Gasteiger partial charge is 0.272 e. The molecule has 2 aromatic heterocycles. The zero-order valence-electron chi connectivity index (χ0n) is 16.2. The number of fused-ring (bicyclic) bond motifs is 1. The normalized spacial score (nSPS) is 14.6. The Balaban J connectivity index is 1.64. The molecule has 1 aliphatic rings. The van der Waals surface area contributed by atoms with Gasteiger partial charge in [0, 0.05) is 24.2 Å². The van der Waals surface area contributed by atoms with E-state index in [-0.39, 0.29) is 5.91 Å². The average Bonchev–Trinajstić information content (AvgIpc) is 2.77. The molecule has 0 atom stereocenters. The summed E-state index contributed by atoms with van der Waals surface area (Å²) in [5.74, 6) is -0.271. The van der Waals surface area contributed by atoms with Crippen LogP contribution in [0.25, 0.3) is 10.9 Å². The standard InChI is InChI=1S/C22H21BrCl2N4O/c23-21-15-7-4-10-26-18(15)19(28-14-5-2-1-3-6-14)20(29-21)22(30)27-12-13-8-9-16(24)17(25)11-13/h4,7-11,14,28H,1-3,5-6,12H2,(H,27,30). The van der Waals surface area contributed by atoms with Crippen LogP contribution in [0.4, 0.5) is 5.69 Å². The maximum Gasteiger partial charge on any atom is 0.272 e. The third-order valence-corrected chi connectivity index (χ3v) is 6.66. The molecular formula is C22H21BrCl2N4O. The van der Waals surface area contributed by atoms with Gasteiger partial charge in [0.1, 0.15) is 4.60 Å². The molecule has 1 fully saturated rings. The minimum atomic E-state index is -0.271. The van der Waals surface area contributed by atoms with Crippen molar-refractivity contribution in [1.82, 2.24) is 15.3 Å². The fourth-order valence-electron chi connectivity index (χ4n) is 3.77. The summed E-state index contributed by atoms with van der Waals surface area (Å²) in [6.07, 6.45) is 7.52. The van der Waals surface area contributed by atoms with Crippen LogP contribution in [0.1, 0.15) is 48.2 Å². The van der Waals surface area contributed by atoms with E-state index in [1.54, 1.807) is 18.3 Å². The second kappa shape index (κ2) is 9.50.